The lowest BCUT2D eigenvalue weighted by atomic mass is 10.3. The molecule has 2 nitrogen and oxygen atoms in total. The number of rotatable bonds is 8. The average Bonchev–Trinajstić information content (AvgIpc) is 2.10. The van der Waals surface area contributed by atoms with Gasteiger partial charge < -0.3 is 10.4 Å². The molecule has 0 saturated carbocycles. The fourth-order valence-electron chi connectivity index (χ4n) is 0.835. The number of nitrogens with one attached hydrogen (secondary N) is 1. The molecule has 0 aliphatic rings. The Morgan fingerprint density at radius 3 is 2.62 bits per heavy atom. The van der Waals surface area contributed by atoms with Crippen molar-refractivity contribution >= 4 is 11.8 Å². The molecule has 0 heterocycles. The largest absolute Gasteiger partial charge is 0.386 e. The number of hydrogen-bond donors (Lipinski definition) is 2. The van der Waals surface area contributed by atoms with Gasteiger partial charge in [-0.05, 0) is 31.4 Å². The third kappa shape index (κ3) is 8.46. The molecule has 1 atom stereocenters. The highest BCUT2D eigenvalue weighted by atomic mass is 32.2. The summed E-state index contributed by atoms with van der Waals surface area (Å²) in [6, 6.07) is 0. The zero-order chi connectivity index (χ0) is 10.1. The Morgan fingerprint density at radius 1 is 1.38 bits per heavy atom. The predicted octanol–water partition coefficient (Wildman–Crippen LogP) is 1.35. The van der Waals surface area contributed by atoms with Crippen molar-refractivity contribution in [3.05, 3.63) is 0 Å². The minimum atomic E-state index is -2.64. The molecular weight excluding hydrogens is 196 g/mol. The van der Waals surface area contributed by atoms with Gasteiger partial charge in [-0.15, -0.1) is 0 Å². The first-order chi connectivity index (χ1) is 6.18. The molecule has 0 aliphatic heterocycles. The zero-order valence-corrected chi connectivity index (χ0v) is 8.62. The molecule has 0 spiro atoms. The van der Waals surface area contributed by atoms with Gasteiger partial charge in [-0.3, -0.25) is 0 Å². The highest BCUT2D eigenvalue weighted by Gasteiger charge is 2.15. The number of halogens is 2. The molecule has 0 saturated heterocycles. The number of unbranched alkanes of at least 4 members (excludes halogenated alkanes) is 1. The van der Waals surface area contributed by atoms with Crippen LogP contribution in [0.1, 0.15) is 12.8 Å². The fraction of sp³-hybridized carbons (Fsp3) is 1.00. The third-order valence-electron chi connectivity index (χ3n) is 1.60. The Balaban J connectivity index is 3.07. The molecule has 0 aliphatic carbocycles. The van der Waals surface area contributed by atoms with Crippen LogP contribution in [0.5, 0.6) is 0 Å². The first kappa shape index (κ1) is 13.1. The van der Waals surface area contributed by atoms with Crippen LogP contribution in [0.25, 0.3) is 0 Å². The molecular formula is C8H17F2NOS. The van der Waals surface area contributed by atoms with E-state index in [1.807, 2.05) is 6.26 Å². The van der Waals surface area contributed by atoms with E-state index in [1.54, 1.807) is 11.8 Å². The summed E-state index contributed by atoms with van der Waals surface area (Å²) in [4.78, 5) is 0. The topological polar surface area (TPSA) is 32.3 Å². The highest BCUT2D eigenvalue weighted by Crippen LogP contribution is 2.00. The normalized spacial score (nSPS) is 13.6. The van der Waals surface area contributed by atoms with Crippen molar-refractivity contribution in [3.63, 3.8) is 0 Å². The van der Waals surface area contributed by atoms with Gasteiger partial charge in [0.1, 0.15) is 6.10 Å². The summed E-state index contributed by atoms with van der Waals surface area (Å²) in [5.74, 6) is 1.10. The van der Waals surface area contributed by atoms with E-state index >= 15 is 0 Å². The van der Waals surface area contributed by atoms with E-state index in [1.165, 1.54) is 0 Å². The maximum absolute atomic E-state index is 11.8. The SMILES string of the molecule is CSCCCCNCC(O)C(F)F. The van der Waals surface area contributed by atoms with Gasteiger partial charge in [0.05, 0.1) is 0 Å². The second kappa shape index (κ2) is 8.72. The number of aliphatic hydroxyl groups excluding tert-OH is 1. The van der Waals surface area contributed by atoms with Crippen LogP contribution in [0.15, 0.2) is 0 Å². The van der Waals surface area contributed by atoms with E-state index < -0.39 is 12.5 Å². The van der Waals surface area contributed by atoms with E-state index in [4.69, 9.17) is 5.11 Å². The van der Waals surface area contributed by atoms with Crippen molar-refractivity contribution in [2.45, 2.75) is 25.4 Å². The van der Waals surface area contributed by atoms with Gasteiger partial charge in [0.2, 0.25) is 0 Å². The summed E-state index contributed by atoms with van der Waals surface area (Å²) in [7, 11) is 0. The van der Waals surface area contributed by atoms with Crippen LogP contribution in [0, 0.1) is 0 Å². The van der Waals surface area contributed by atoms with Gasteiger partial charge >= 0.3 is 0 Å². The van der Waals surface area contributed by atoms with Gasteiger partial charge in [0.25, 0.3) is 6.43 Å². The molecule has 5 heteroatoms. The molecule has 0 rings (SSSR count). The molecule has 0 aromatic carbocycles. The minimum Gasteiger partial charge on any atom is -0.386 e. The van der Waals surface area contributed by atoms with Crippen molar-refractivity contribution in [2.24, 2.45) is 0 Å². The summed E-state index contributed by atoms with van der Waals surface area (Å²) in [5, 5.41) is 11.5. The maximum atomic E-state index is 11.8. The van der Waals surface area contributed by atoms with Gasteiger partial charge in [0, 0.05) is 6.54 Å². The van der Waals surface area contributed by atoms with E-state index in [-0.39, 0.29) is 6.54 Å². The van der Waals surface area contributed by atoms with Crippen LogP contribution in [0.2, 0.25) is 0 Å². The van der Waals surface area contributed by atoms with Crippen LogP contribution >= 0.6 is 11.8 Å². The van der Waals surface area contributed by atoms with Crippen molar-refractivity contribution in [2.75, 3.05) is 25.1 Å². The quantitative estimate of drug-likeness (QED) is 0.597. The van der Waals surface area contributed by atoms with Crippen molar-refractivity contribution in [3.8, 4) is 0 Å². The lowest BCUT2D eigenvalue weighted by Crippen LogP contribution is -2.32. The van der Waals surface area contributed by atoms with Gasteiger partial charge in [-0.1, -0.05) is 0 Å². The van der Waals surface area contributed by atoms with Crippen LogP contribution < -0.4 is 5.32 Å². The predicted molar refractivity (Wildman–Crippen MR) is 52.5 cm³/mol. The molecule has 1 unspecified atom stereocenters. The monoisotopic (exact) mass is 213 g/mol. The number of hydrogen-bond acceptors (Lipinski definition) is 3. The number of aliphatic hydroxyl groups is 1. The van der Waals surface area contributed by atoms with Crippen molar-refractivity contribution in [1.82, 2.24) is 5.32 Å². The lowest BCUT2D eigenvalue weighted by Gasteiger charge is -2.09. The molecule has 0 aromatic rings. The van der Waals surface area contributed by atoms with Gasteiger partial charge in [-0.2, -0.15) is 11.8 Å². The fourth-order valence-corrected chi connectivity index (χ4v) is 1.33. The van der Waals surface area contributed by atoms with Gasteiger partial charge in [0.15, 0.2) is 0 Å². The van der Waals surface area contributed by atoms with Gasteiger partial charge in [-0.25, -0.2) is 8.78 Å². The second-order valence-electron chi connectivity index (χ2n) is 2.81. The Hall–Kier alpha value is 0.130. The first-order valence-corrected chi connectivity index (χ1v) is 5.73. The van der Waals surface area contributed by atoms with Crippen molar-refractivity contribution in [1.29, 1.82) is 0 Å². The van der Waals surface area contributed by atoms with Crippen molar-refractivity contribution < 1.29 is 13.9 Å². The van der Waals surface area contributed by atoms with E-state index in [0.29, 0.717) is 6.54 Å². The summed E-state index contributed by atoms with van der Waals surface area (Å²) in [5.41, 5.74) is 0. The smallest absolute Gasteiger partial charge is 0.265 e. The molecule has 0 bridgehead atoms. The van der Waals surface area contributed by atoms with Crippen LogP contribution in [-0.2, 0) is 0 Å². The summed E-state index contributed by atoms with van der Waals surface area (Å²) in [6.07, 6.45) is -0.0803. The Labute approximate surface area is 82.1 Å². The van der Waals surface area contributed by atoms with Crippen LogP contribution in [-0.4, -0.2) is 42.7 Å². The lowest BCUT2D eigenvalue weighted by molar-refractivity contribution is -0.00315. The average molecular weight is 213 g/mol. The minimum absolute atomic E-state index is 0.0169. The molecule has 80 valence electrons. The maximum Gasteiger partial charge on any atom is 0.265 e. The molecule has 13 heavy (non-hydrogen) atoms. The highest BCUT2D eigenvalue weighted by molar-refractivity contribution is 7.98. The number of alkyl halides is 2. The van der Waals surface area contributed by atoms with E-state index in [2.05, 4.69) is 5.32 Å². The molecule has 0 amide bonds. The summed E-state index contributed by atoms with van der Waals surface area (Å²) < 4.78 is 23.5. The van der Waals surface area contributed by atoms with E-state index in [0.717, 1.165) is 18.6 Å². The van der Waals surface area contributed by atoms with E-state index in [9.17, 15) is 8.78 Å². The zero-order valence-electron chi connectivity index (χ0n) is 7.80. The summed E-state index contributed by atoms with van der Waals surface area (Å²) in [6.45, 7) is 0.682. The summed E-state index contributed by atoms with van der Waals surface area (Å²) >= 11 is 1.77. The Morgan fingerprint density at radius 2 is 2.08 bits per heavy atom. The molecule has 2 N–H and O–H groups in total. The third-order valence-corrected chi connectivity index (χ3v) is 2.29. The van der Waals surface area contributed by atoms with Crippen LogP contribution in [0.3, 0.4) is 0 Å². The Bertz CT molecular complexity index is 116. The standard InChI is InChI=1S/C8H17F2NOS/c1-13-5-3-2-4-11-6-7(12)8(9)10/h7-8,11-12H,2-6H2,1H3. The number of thioether (sulfide) groups is 1. The second-order valence-corrected chi connectivity index (χ2v) is 3.79. The Kier molecular flexibility index (Phi) is 8.80. The molecule has 0 fully saturated rings. The van der Waals surface area contributed by atoms with Crippen LogP contribution in [0.4, 0.5) is 8.78 Å². The molecule has 0 radical (unpaired) electrons. The first-order valence-electron chi connectivity index (χ1n) is 4.34. The molecule has 0 aromatic heterocycles.